The largest absolute Gasteiger partial charge is 0.497 e. The van der Waals surface area contributed by atoms with Gasteiger partial charge in [-0.3, -0.25) is 9.69 Å². The Morgan fingerprint density at radius 3 is 2.78 bits per heavy atom. The van der Waals surface area contributed by atoms with E-state index in [1.807, 2.05) is 18.2 Å². The second-order valence-electron chi connectivity index (χ2n) is 6.00. The smallest absolute Gasteiger partial charge is 0.320 e. The fourth-order valence-electron chi connectivity index (χ4n) is 3.42. The van der Waals surface area contributed by atoms with E-state index in [9.17, 15) is 9.90 Å². The minimum Gasteiger partial charge on any atom is -0.497 e. The summed E-state index contributed by atoms with van der Waals surface area (Å²) in [7, 11) is 3.30. The van der Waals surface area contributed by atoms with E-state index in [0.29, 0.717) is 6.42 Å². The molecule has 1 fully saturated rings. The Bertz CT molecular complexity index is 532. The van der Waals surface area contributed by atoms with E-state index in [1.54, 1.807) is 14.2 Å². The molecule has 1 heterocycles. The third-order valence-electron chi connectivity index (χ3n) is 4.61. The van der Waals surface area contributed by atoms with Crippen LogP contribution in [0.5, 0.6) is 11.5 Å². The van der Waals surface area contributed by atoms with E-state index in [1.165, 1.54) is 0 Å². The van der Waals surface area contributed by atoms with E-state index in [-0.39, 0.29) is 6.04 Å². The van der Waals surface area contributed by atoms with Gasteiger partial charge in [-0.25, -0.2) is 0 Å². The molecule has 1 aromatic carbocycles. The molecular formula is C18H27NO4. The minimum atomic E-state index is -0.731. The van der Waals surface area contributed by atoms with Crippen LogP contribution in [-0.2, 0) is 4.79 Å². The molecule has 5 heteroatoms. The lowest BCUT2D eigenvalue weighted by Crippen LogP contribution is -2.39. The van der Waals surface area contributed by atoms with E-state index in [0.717, 1.165) is 49.3 Å². The van der Waals surface area contributed by atoms with Crippen molar-refractivity contribution in [1.29, 1.82) is 0 Å². The van der Waals surface area contributed by atoms with Gasteiger partial charge in [0, 0.05) is 11.6 Å². The van der Waals surface area contributed by atoms with Crippen molar-refractivity contribution in [2.75, 3.05) is 20.8 Å². The maximum atomic E-state index is 11.6. The molecule has 5 nitrogen and oxygen atoms in total. The van der Waals surface area contributed by atoms with Crippen LogP contribution in [0.15, 0.2) is 18.2 Å². The lowest BCUT2D eigenvalue weighted by atomic mass is 9.97. The SMILES string of the molecule is CCCCC(c1cc(OC)ccc1OC)N1CCCC1C(=O)O. The van der Waals surface area contributed by atoms with Gasteiger partial charge in [-0.15, -0.1) is 0 Å². The van der Waals surface area contributed by atoms with Crippen molar-refractivity contribution in [3.8, 4) is 11.5 Å². The van der Waals surface area contributed by atoms with Crippen molar-refractivity contribution in [3.63, 3.8) is 0 Å². The number of carboxylic acids is 1. The van der Waals surface area contributed by atoms with Crippen LogP contribution in [0.3, 0.4) is 0 Å². The number of carbonyl (C=O) groups is 1. The number of benzene rings is 1. The molecule has 1 aliphatic heterocycles. The van der Waals surface area contributed by atoms with Crippen molar-refractivity contribution in [3.05, 3.63) is 23.8 Å². The van der Waals surface area contributed by atoms with Gasteiger partial charge in [0.1, 0.15) is 17.5 Å². The minimum absolute atomic E-state index is 0.0450. The molecule has 128 valence electrons. The number of unbranched alkanes of at least 4 members (excludes halogenated alkanes) is 1. The number of likely N-dealkylation sites (tertiary alicyclic amines) is 1. The Kier molecular flexibility index (Phi) is 6.28. The number of rotatable bonds is 8. The predicted octanol–water partition coefficient (Wildman–Crippen LogP) is 3.48. The molecule has 23 heavy (non-hydrogen) atoms. The van der Waals surface area contributed by atoms with Crippen molar-refractivity contribution < 1.29 is 19.4 Å². The van der Waals surface area contributed by atoms with Gasteiger partial charge in [0.15, 0.2) is 0 Å². The Balaban J connectivity index is 2.39. The summed E-state index contributed by atoms with van der Waals surface area (Å²) >= 11 is 0. The molecule has 0 aromatic heterocycles. The molecule has 0 aliphatic carbocycles. The topological polar surface area (TPSA) is 59.0 Å². The summed E-state index contributed by atoms with van der Waals surface area (Å²) in [5.74, 6) is 0.835. The number of carboxylic acid groups (broad SMARTS) is 1. The molecule has 0 amide bonds. The van der Waals surface area contributed by atoms with Crippen LogP contribution in [0.4, 0.5) is 0 Å². The first-order chi connectivity index (χ1) is 11.1. The maximum absolute atomic E-state index is 11.6. The van der Waals surface area contributed by atoms with Gasteiger partial charge in [0.25, 0.3) is 0 Å². The second-order valence-corrected chi connectivity index (χ2v) is 6.00. The van der Waals surface area contributed by atoms with Gasteiger partial charge >= 0.3 is 5.97 Å². The highest BCUT2D eigenvalue weighted by atomic mass is 16.5. The fourth-order valence-corrected chi connectivity index (χ4v) is 3.42. The van der Waals surface area contributed by atoms with Crippen molar-refractivity contribution in [1.82, 2.24) is 4.90 Å². The van der Waals surface area contributed by atoms with Gasteiger partial charge in [-0.2, -0.15) is 0 Å². The average Bonchev–Trinajstić information content (AvgIpc) is 3.04. The van der Waals surface area contributed by atoms with Crippen molar-refractivity contribution in [2.24, 2.45) is 0 Å². The van der Waals surface area contributed by atoms with Gasteiger partial charge in [-0.05, 0) is 44.0 Å². The molecule has 0 bridgehead atoms. The highest BCUT2D eigenvalue weighted by molar-refractivity contribution is 5.74. The van der Waals surface area contributed by atoms with Crippen LogP contribution in [0.25, 0.3) is 0 Å². The van der Waals surface area contributed by atoms with E-state index < -0.39 is 12.0 Å². The highest BCUT2D eigenvalue weighted by Gasteiger charge is 2.36. The molecule has 1 aromatic rings. The molecule has 1 N–H and O–H groups in total. The van der Waals surface area contributed by atoms with Crippen LogP contribution in [0.1, 0.15) is 50.6 Å². The zero-order valence-electron chi connectivity index (χ0n) is 14.2. The molecule has 2 rings (SSSR count). The first-order valence-corrected chi connectivity index (χ1v) is 8.32. The zero-order chi connectivity index (χ0) is 16.8. The summed E-state index contributed by atoms with van der Waals surface area (Å²) in [6.07, 6.45) is 4.68. The quantitative estimate of drug-likeness (QED) is 0.794. The van der Waals surface area contributed by atoms with Gasteiger partial charge in [0.05, 0.1) is 14.2 Å². The molecule has 0 radical (unpaired) electrons. The van der Waals surface area contributed by atoms with Crippen molar-refractivity contribution >= 4 is 5.97 Å². The summed E-state index contributed by atoms with van der Waals surface area (Å²) in [6.45, 7) is 2.96. The standard InChI is InChI=1S/C18H27NO4/c1-4-5-7-15(19-11-6-8-16(19)18(20)21)14-12-13(22-2)9-10-17(14)23-3/h9-10,12,15-16H,4-8,11H2,1-3H3,(H,20,21). The van der Waals surface area contributed by atoms with Crippen molar-refractivity contribution in [2.45, 2.75) is 51.1 Å². The van der Waals surface area contributed by atoms with Crippen LogP contribution >= 0.6 is 0 Å². The number of nitrogens with zero attached hydrogens (tertiary/aromatic N) is 1. The number of methoxy groups -OCH3 is 2. The number of hydrogen-bond donors (Lipinski definition) is 1. The Labute approximate surface area is 138 Å². The summed E-state index contributed by atoms with van der Waals surface area (Å²) in [6, 6.07) is 5.39. The fraction of sp³-hybridized carbons (Fsp3) is 0.611. The predicted molar refractivity (Wildman–Crippen MR) is 89.2 cm³/mol. The van der Waals surface area contributed by atoms with E-state index in [4.69, 9.17) is 9.47 Å². The summed E-state index contributed by atoms with van der Waals surface area (Å²) in [5, 5.41) is 9.53. The van der Waals surface area contributed by atoms with Gasteiger partial charge in [-0.1, -0.05) is 19.8 Å². The number of hydrogen-bond acceptors (Lipinski definition) is 4. The third-order valence-corrected chi connectivity index (χ3v) is 4.61. The monoisotopic (exact) mass is 321 g/mol. The zero-order valence-corrected chi connectivity index (χ0v) is 14.2. The van der Waals surface area contributed by atoms with Crippen LogP contribution in [0.2, 0.25) is 0 Å². The van der Waals surface area contributed by atoms with Crippen LogP contribution < -0.4 is 9.47 Å². The third kappa shape index (κ3) is 3.96. The second kappa shape index (κ2) is 8.20. The Morgan fingerprint density at radius 2 is 2.17 bits per heavy atom. The number of ether oxygens (including phenoxy) is 2. The summed E-state index contributed by atoms with van der Waals surface area (Å²) < 4.78 is 10.9. The molecule has 0 spiro atoms. The van der Waals surface area contributed by atoms with Gasteiger partial charge < -0.3 is 14.6 Å². The first-order valence-electron chi connectivity index (χ1n) is 8.32. The molecule has 0 saturated carbocycles. The molecule has 2 atom stereocenters. The summed E-state index contributed by atoms with van der Waals surface area (Å²) in [5.41, 5.74) is 1.02. The summed E-state index contributed by atoms with van der Waals surface area (Å²) in [4.78, 5) is 13.7. The molecule has 1 aliphatic rings. The Morgan fingerprint density at radius 1 is 1.39 bits per heavy atom. The average molecular weight is 321 g/mol. The van der Waals surface area contributed by atoms with Crippen LogP contribution in [0, 0.1) is 0 Å². The normalized spacial score (nSPS) is 19.5. The molecule has 2 unspecified atom stereocenters. The maximum Gasteiger partial charge on any atom is 0.320 e. The van der Waals surface area contributed by atoms with E-state index in [2.05, 4.69) is 11.8 Å². The first kappa shape index (κ1) is 17.6. The molecule has 1 saturated heterocycles. The van der Waals surface area contributed by atoms with E-state index >= 15 is 0 Å². The Hall–Kier alpha value is -1.75. The molecular weight excluding hydrogens is 294 g/mol. The van der Waals surface area contributed by atoms with Crippen LogP contribution in [-0.4, -0.2) is 42.8 Å². The number of aliphatic carboxylic acids is 1. The lowest BCUT2D eigenvalue weighted by Gasteiger charge is -2.32. The van der Waals surface area contributed by atoms with Gasteiger partial charge in [0.2, 0.25) is 0 Å². The highest BCUT2D eigenvalue weighted by Crippen LogP contribution is 2.39. The lowest BCUT2D eigenvalue weighted by molar-refractivity contribution is -0.143.